The Kier molecular flexibility index (Phi) is 7.09. The molecule has 0 spiro atoms. The van der Waals surface area contributed by atoms with Crippen LogP contribution in [0.4, 0.5) is 10.1 Å². The van der Waals surface area contributed by atoms with Crippen LogP contribution in [-0.4, -0.2) is 41.4 Å². The molecule has 0 saturated heterocycles. The maximum atomic E-state index is 13.2. The van der Waals surface area contributed by atoms with E-state index in [2.05, 4.69) is 10.1 Å². The molecule has 0 unspecified atom stereocenters. The minimum absolute atomic E-state index is 0.169. The number of hydroxylamine groups is 1. The van der Waals surface area contributed by atoms with Gasteiger partial charge >= 0.3 is 0 Å². The second kappa shape index (κ2) is 9.51. The summed E-state index contributed by atoms with van der Waals surface area (Å²) in [4.78, 5) is 3.94. The van der Waals surface area contributed by atoms with Crippen molar-refractivity contribution in [2.45, 2.75) is 0 Å². The normalized spacial score (nSPS) is 11.9. The van der Waals surface area contributed by atoms with Gasteiger partial charge in [0.05, 0.1) is 17.8 Å². The van der Waals surface area contributed by atoms with Crippen molar-refractivity contribution >= 4 is 34.5 Å². The molecule has 4 N–H and O–H groups in total. The zero-order valence-corrected chi connectivity index (χ0v) is 14.9. The van der Waals surface area contributed by atoms with E-state index in [1.54, 1.807) is 29.7 Å². The zero-order valence-electron chi connectivity index (χ0n) is 14.1. The van der Waals surface area contributed by atoms with Gasteiger partial charge in [0.25, 0.3) is 0 Å². The van der Waals surface area contributed by atoms with Crippen molar-refractivity contribution < 1.29 is 24.3 Å². The molecular weight excluding hydrogens is 379 g/mol. The fourth-order valence-corrected chi connectivity index (χ4v) is 2.13. The molecule has 8 nitrogen and oxygen atoms in total. The molecule has 142 valence electrons. The SMILES string of the molecule is COc1cccc(OC/C(=N/O)C(=N)C(=Nc2ccc(F)c(Cl)c2)NO)c1. The fourth-order valence-electron chi connectivity index (χ4n) is 1.95. The molecule has 0 aliphatic carbocycles. The van der Waals surface area contributed by atoms with Crippen LogP contribution in [0.15, 0.2) is 52.6 Å². The van der Waals surface area contributed by atoms with Gasteiger partial charge in [-0.15, -0.1) is 0 Å². The standard InChI is InChI=1S/C17H16ClFN4O4/c1-26-11-3-2-4-12(8-11)27-9-15(22-24)16(20)17(23-25)21-10-5-6-14(19)13(18)7-10/h2-8,20,24-25H,9H2,1H3,(H,21,23)/b20-16?,22-15-. The number of rotatable bonds is 7. The number of hydrogen-bond acceptors (Lipinski definition) is 7. The molecule has 2 aromatic rings. The predicted molar refractivity (Wildman–Crippen MR) is 98.9 cm³/mol. The zero-order chi connectivity index (χ0) is 19.8. The minimum atomic E-state index is -0.631. The third-order valence-electron chi connectivity index (χ3n) is 3.31. The first kappa shape index (κ1) is 20.1. The molecule has 0 fully saturated rings. The molecule has 27 heavy (non-hydrogen) atoms. The van der Waals surface area contributed by atoms with Gasteiger partial charge in [-0.05, 0) is 30.3 Å². The first-order chi connectivity index (χ1) is 13.0. The second-order valence-corrected chi connectivity index (χ2v) is 5.47. The number of methoxy groups -OCH3 is 1. The highest BCUT2D eigenvalue weighted by Crippen LogP contribution is 2.22. The van der Waals surface area contributed by atoms with E-state index in [0.717, 1.165) is 6.07 Å². The van der Waals surface area contributed by atoms with Gasteiger partial charge in [-0.25, -0.2) is 9.38 Å². The van der Waals surface area contributed by atoms with Crippen molar-refractivity contribution in [2.24, 2.45) is 10.1 Å². The molecule has 0 saturated carbocycles. The molecule has 0 aliphatic rings. The van der Waals surface area contributed by atoms with Gasteiger partial charge in [-0.2, -0.15) is 0 Å². The van der Waals surface area contributed by atoms with E-state index in [1.807, 2.05) is 0 Å². The molecule has 0 amide bonds. The largest absolute Gasteiger partial charge is 0.497 e. The average molecular weight is 395 g/mol. The Morgan fingerprint density at radius 3 is 2.63 bits per heavy atom. The van der Waals surface area contributed by atoms with E-state index in [9.17, 15) is 14.8 Å². The first-order valence-electron chi connectivity index (χ1n) is 7.49. The number of nitrogens with one attached hydrogen (secondary N) is 2. The summed E-state index contributed by atoms with van der Waals surface area (Å²) in [5.41, 5.74) is 1.25. The van der Waals surface area contributed by atoms with Crippen molar-refractivity contribution in [3.8, 4) is 11.5 Å². The van der Waals surface area contributed by atoms with E-state index in [-0.39, 0.29) is 28.9 Å². The molecule has 2 aromatic carbocycles. The van der Waals surface area contributed by atoms with E-state index in [0.29, 0.717) is 11.5 Å². The Labute approximate surface area is 159 Å². The number of amidine groups is 1. The molecule has 0 atom stereocenters. The molecule has 10 heteroatoms. The monoisotopic (exact) mass is 394 g/mol. The summed E-state index contributed by atoms with van der Waals surface area (Å²) >= 11 is 5.68. The van der Waals surface area contributed by atoms with E-state index in [4.69, 9.17) is 26.5 Å². The Hall–Kier alpha value is -3.17. The van der Waals surface area contributed by atoms with Gasteiger partial charge in [0.1, 0.15) is 35.3 Å². The van der Waals surface area contributed by atoms with Crippen LogP contribution in [0, 0.1) is 11.2 Å². The molecule has 0 radical (unpaired) electrons. The molecule has 0 aliphatic heterocycles. The lowest BCUT2D eigenvalue weighted by Crippen LogP contribution is -2.36. The number of hydrogen-bond donors (Lipinski definition) is 4. The van der Waals surface area contributed by atoms with Crippen molar-refractivity contribution in [3.05, 3.63) is 53.3 Å². The van der Waals surface area contributed by atoms with Gasteiger partial charge in [-0.1, -0.05) is 22.8 Å². The molecule has 0 aromatic heterocycles. The molecule has 0 heterocycles. The summed E-state index contributed by atoms with van der Waals surface area (Å²) in [6.45, 7) is -0.284. The second-order valence-electron chi connectivity index (χ2n) is 5.06. The quantitative estimate of drug-likeness (QED) is 0.248. The van der Waals surface area contributed by atoms with Crippen molar-refractivity contribution in [3.63, 3.8) is 0 Å². The lowest BCUT2D eigenvalue weighted by atomic mass is 10.2. The number of halogens is 2. The first-order valence-corrected chi connectivity index (χ1v) is 7.87. The summed E-state index contributed by atoms with van der Waals surface area (Å²) in [7, 11) is 1.51. The van der Waals surface area contributed by atoms with Crippen LogP contribution in [0.5, 0.6) is 11.5 Å². The Bertz CT molecular complexity index is 889. The highest BCUT2D eigenvalue weighted by Gasteiger charge is 2.16. The third kappa shape index (κ3) is 5.40. The number of oxime groups is 1. The summed E-state index contributed by atoms with van der Waals surface area (Å²) in [5.74, 6) is 0.00908. The number of benzene rings is 2. The summed E-state index contributed by atoms with van der Waals surface area (Å²) in [6, 6.07) is 10.3. The van der Waals surface area contributed by atoms with Crippen LogP contribution in [0.3, 0.4) is 0 Å². The Balaban J connectivity index is 2.15. The van der Waals surface area contributed by atoms with Crippen LogP contribution < -0.4 is 15.0 Å². The van der Waals surface area contributed by atoms with Crippen molar-refractivity contribution in [1.29, 1.82) is 5.41 Å². The van der Waals surface area contributed by atoms with Crippen LogP contribution in [0.25, 0.3) is 0 Å². The average Bonchev–Trinajstić information content (AvgIpc) is 2.69. The topological polar surface area (TPSA) is 120 Å². The lowest BCUT2D eigenvalue weighted by molar-refractivity contribution is 0.236. The predicted octanol–water partition coefficient (Wildman–Crippen LogP) is 3.43. The maximum Gasteiger partial charge on any atom is 0.177 e. The van der Waals surface area contributed by atoms with Crippen LogP contribution in [0.1, 0.15) is 0 Å². The van der Waals surface area contributed by atoms with E-state index < -0.39 is 11.5 Å². The lowest BCUT2D eigenvalue weighted by Gasteiger charge is -2.11. The van der Waals surface area contributed by atoms with Crippen molar-refractivity contribution in [2.75, 3.05) is 13.7 Å². The number of ether oxygens (including phenoxy) is 2. The van der Waals surface area contributed by atoms with Gasteiger partial charge < -0.3 is 14.7 Å². The third-order valence-corrected chi connectivity index (χ3v) is 3.60. The number of aliphatic imine (C=N–C) groups is 1. The summed E-state index contributed by atoms with van der Waals surface area (Å²) < 4.78 is 23.7. The van der Waals surface area contributed by atoms with Gasteiger partial charge in [0, 0.05) is 6.07 Å². The van der Waals surface area contributed by atoms with Crippen LogP contribution in [0.2, 0.25) is 5.02 Å². The highest BCUT2D eigenvalue weighted by atomic mass is 35.5. The smallest absolute Gasteiger partial charge is 0.177 e. The van der Waals surface area contributed by atoms with E-state index >= 15 is 0 Å². The molecule has 0 bridgehead atoms. The van der Waals surface area contributed by atoms with Crippen molar-refractivity contribution in [1.82, 2.24) is 5.48 Å². The van der Waals surface area contributed by atoms with Gasteiger partial charge in [-0.3, -0.25) is 16.1 Å². The van der Waals surface area contributed by atoms with Gasteiger partial charge in [0.2, 0.25) is 0 Å². The Morgan fingerprint density at radius 1 is 1.26 bits per heavy atom. The fraction of sp³-hybridized carbons (Fsp3) is 0.118. The van der Waals surface area contributed by atoms with Crippen LogP contribution in [-0.2, 0) is 0 Å². The summed E-state index contributed by atoms with van der Waals surface area (Å²) in [5, 5.41) is 29.3. The minimum Gasteiger partial charge on any atom is -0.497 e. The number of nitrogens with zero attached hydrogens (tertiary/aromatic N) is 2. The highest BCUT2D eigenvalue weighted by molar-refractivity contribution is 6.67. The maximum absolute atomic E-state index is 13.2. The molecular formula is C17H16ClFN4O4. The van der Waals surface area contributed by atoms with E-state index in [1.165, 1.54) is 19.2 Å². The summed E-state index contributed by atoms with van der Waals surface area (Å²) in [6.07, 6.45) is 0. The van der Waals surface area contributed by atoms with Crippen LogP contribution >= 0.6 is 11.6 Å². The Morgan fingerprint density at radius 2 is 2.00 bits per heavy atom. The van der Waals surface area contributed by atoms with Gasteiger partial charge in [0.15, 0.2) is 5.84 Å². The molecule has 2 rings (SSSR count).